The third kappa shape index (κ3) is 4.46. The maximum absolute atomic E-state index is 13.2. The van der Waals surface area contributed by atoms with Crippen molar-refractivity contribution in [3.05, 3.63) is 117 Å². The number of aryl methyl sites for hydroxylation is 1. The van der Waals surface area contributed by atoms with Gasteiger partial charge in [-0.15, -0.1) is 0 Å². The van der Waals surface area contributed by atoms with E-state index in [9.17, 15) is 14.4 Å². The molecule has 0 aliphatic rings. The predicted molar refractivity (Wildman–Crippen MR) is 134 cm³/mol. The number of H-pyrrole nitrogens is 1. The van der Waals surface area contributed by atoms with Crippen LogP contribution < -0.4 is 16.4 Å². The van der Waals surface area contributed by atoms with Crippen LogP contribution in [0.15, 0.2) is 93.0 Å². The first kappa shape index (κ1) is 23.0. The molecule has 0 atom stereocenters. The van der Waals surface area contributed by atoms with Crippen molar-refractivity contribution in [1.82, 2.24) is 25.0 Å². The van der Waals surface area contributed by atoms with Gasteiger partial charge in [-0.05, 0) is 36.2 Å². The highest BCUT2D eigenvalue weighted by atomic mass is 16.5. The summed E-state index contributed by atoms with van der Waals surface area (Å²) in [6, 6.07) is 24.3. The molecule has 3 aromatic carbocycles. The summed E-state index contributed by atoms with van der Waals surface area (Å²) in [6.45, 7) is 2.23. The summed E-state index contributed by atoms with van der Waals surface area (Å²) in [4.78, 5) is 44.3. The van der Waals surface area contributed by atoms with Crippen molar-refractivity contribution < 1.29 is 9.32 Å². The molecule has 5 aromatic rings. The van der Waals surface area contributed by atoms with Crippen molar-refractivity contribution in [1.29, 1.82) is 0 Å². The molecule has 2 aromatic heterocycles. The van der Waals surface area contributed by atoms with Crippen LogP contribution in [0.4, 0.5) is 0 Å². The number of rotatable bonds is 7. The average molecular weight is 482 g/mol. The Balaban J connectivity index is 1.36. The molecule has 1 amide bonds. The third-order valence-corrected chi connectivity index (χ3v) is 5.96. The van der Waals surface area contributed by atoms with E-state index in [-0.39, 0.29) is 18.3 Å². The number of carbonyl (C=O) groups is 1. The SMILES string of the molecule is CCn1c(=O)c(=O)[nH]c2cc(-c3noc(CNC(=O)C(c4ccccc4)c4ccccc4)n3)ccc21. The third-order valence-electron chi connectivity index (χ3n) is 5.96. The highest BCUT2D eigenvalue weighted by molar-refractivity contribution is 5.87. The zero-order chi connectivity index (χ0) is 25.1. The van der Waals surface area contributed by atoms with E-state index >= 15 is 0 Å². The van der Waals surface area contributed by atoms with Crippen molar-refractivity contribution >= 4 is 16.9 Å². The number of carbonyl (C=O) groups excluding carboxylic acids is 1. The van der Waals surface area contributed by atoms with Gasteiger partial charge < -0.3 is 19.4 Å². The number of aromatic nitrogens is 4. The Kier molecular flexibility index (Phi) is 6.27. The standard InChI is InChI=1S/C27H23N5O4/c1-2-32-21-14-13-19(15-20(21)29-26(34)27(32)35)24-30-22(36-31-24)16-28-25(33)23(17-9-5-3-6-10-17)18-11-7-4-8-12-18/h3-15,23H,2,16H2,1H3,(H,28,33)(H,29,34). The lowest BCUT2D eigenvalue weighted by atomic mass is 9.90. The molecule has 0 aliphatic heterocycles. The Bertz CT molecular complexity index is 1600. The Labute approximate surface area is 205 Å². The van der Waals surface area contributed by atoms with Gasteiger partial charge >= 0.3 is 11.1 Å². The normalized spacial score (nSPS) is 11.2. The van der Waals surface area contributed by atoms with Crippen molar-refractivity contribution in [3.8, 4) is 11.4 Å². The molecule has 0 aliphatic carbocycles. The number of nitrogens with one attached hydrogen (secondary N) is 2. The lowest BCUT2D eigenvalue weighted by Gasteiger charge is -2.17. The fourth-order valence-corrected chi connectivity index (χ4v) is 4.23. The molecule has 2 N–H and O–H groups in total. The van der Waals surface area contributed by atoms with Gasteiger partial charge in [0.1, 0.15) is 0 Å². The molecule has 0 fully saturated rings. The minimum Gasteiger partial charge on any atom is -0.346 e. The van der Waals surface area contributed by atoms with E-state index in [1.54, 1.807) is 25.1 Å². The van der Waals surface area contributed by atoms with Gasteiger partial charge in [-0.2, -0.15) is 4.98 Å². The summed E-state index contributed by atoms with van der Waals surface area (Å²) in [5.74, 6) is -0.125. The quantitative estimate of drug-likeness (QED) is 0.344. The van der Waals surface area contributed by atoms with E-state index < -0.39 is 17.0 Å². The Morgan fingerprint density at radius 3 is 2.31 bits per heavy atom. The fraction of sp³-hybridized carbons (Fsp3) is 0.148. The average Bonchev–Trinajstić information content (AvgIpc) is 3.39. The molecular formula is C27H23N5O4. The van der Waals surface area contributed by atoms with Gasteiger partial charge in [0.2, 0.25) is 17.6 Å². The van der Waals surface area contributed by atoms with Crippen molar-refractivity contribution in [3.63, 3.8) is 0 Å². The van der Waals surface area contributed by atoms with Crippen molar-refractivity contribution in [2.24, 2.45) is 0 Å². The number of fused-ring (bicyclic) bond motifs is 1. The molecule has 0 spiro atoms. The molecule has 5 rings (SSSR count). The maximum atomic E-state index is 13.2. The van der Waals surface area contributed by atoms with E-state index in [0.717, 1.165) is 11.1 Å². The van der Waals surface area contributed by atoms with Crippen LogP contribution in [0.2, 0.25) is 0 Å². The highest BCUT2D eigenvalue weighted by Gasteiger charge is 2.23. The summed E-state index contributed by atoms with van der Waals surface area (Å²) in [5, 5.41) is 6.92. The van der Waals surface area contributed by atoms with Gasteiger partial charge in [-0.3, -0.25) is 14.4 Å². The Morgan fingerprint density at radius 2 is 1.67 bits per heavy atom. The minimum atomic E-state index is -0.690. The van der Waals surface area contributed by atoms with Crippen LogP contribution in [-0.2, 0) is 17.9 Å². The molecule has 0 saturated carbocycles. The van der Waals surface area contributed by atoms with Gasteiger partial charge in [-0.25, -0.2) is 0 Å². The molecule has 9 heteroatoms. The summed E-state index contributed by atoms with van der Waals surface area (Å²) in [7, 11) is 0. The van der Waals surface area contributed by atoms with Gasteiger partial charge in [0, 0.05) is 12.1 Å². The number of amides is 1. The van der Waals surface area contributed by atoms with Crippen LogP contribution in [-0.4, -0.2) is 25.6 Å². The Morgan fingerprint density at radius 1 is 1.00 bits per heavy atom. The first-order valence-electron chi connectivity index (χ1n) is 11.5. The smallest absolute Gasteiger partial charge is 0.316 e. The Hall–Kier alpha value is -4.79. The molecule has 2 heterocycles. The number of benzene rings is 3. The van der Waals surface area contributed by atoms with E-state index in [4.69, 9.17) is 4.52 Å². The predicted octanol–water partition coefficient (Wildman–Crippen LogP) is 3.21. The number of nitrogens with zero attached hydrogens (tertiary/aromatic N) is 3. The summed E-state index contributed by atoms with van der Waals surface area (Å²) >= 11 is 0. The largest absolute Gasteiger partial charge is 0.346 e. The molecule has 0 bridgehead atoms. The summed E-state index contributed by atoms with van der Waals surface area (Å²) in [6.07, 6.45) is 0. The maximum Gasteiger partial charge on any atom is 0.316 e. The van der Waals surface area contributed by atoms with Crippen LogP contribution >= 0.6 is 0 Å². The van der Waals surface area contributed by atoms with Crippen molar-refractivity contribution in [2.45, 2.75) is 25.9 Å². The summed E-state index contributed by atoms with van der Waals surface area (Å²) in [5.41, 5.74) is 2.17. The van der Waals surface area contributed by atoms with Crippen LogP contribution in [0.5, 0.6) is 0 Å². The van der Waals surface area contributed by atoms with E-state index in [1.165, 1.54) is 4.57 Å². The van der Waals surface area contributed by atoms with Gasteiger partial charge in [-0.1, -0.05) is 65.8 Å². The second-order valence-corrected chi connectivity index (χ2v) is 8.22. The minimum absolute atomic E-state index is 0.0573. The van der Waals surface area contributed by atoms with Crippen LogP contribution in [0.25, 0.3) is 22.4 Å². The van der Waals surface area contributed by atoms with Crippen LogP contribution in [0.3, 0.4) is 0 Å². The van der Waals surface area contributed by atoms with Crippen LogP contribution in [0, 0.1) is 0 Å². The van der Waals surface area contributed by atoms with Crippen molar-refractivity contribution in [2.75, 3.05) is 0 Å². The highest BCUT2D eigenvalue weighted by Crippen LogP contribution is 2.25. The monoisotopic (exact) mass is 481 g/mol. The lowest BCUT2D eigenvalue weighted by molar-refractivity contribution is -0.122. The molecular weight excluding hydrogens is 458 g/mol. The zero-order valence-corrected chi connectivity index (χ0v) is 19.5. The molecule has 0 radical (unpaired) electrons. The van der Waals surface area contributed by atoms with E-state index in [0.29, 0.717) is 29.0 Å². The first-order valence-corrected chi connectivity index (χ1v) is 11.5. The molecule has 0 unspecified atom stereocenters. The molecule has 180 valence electrons. The zero-order valence-electron chi connectivity index (χ0n) is 19.5. The number of hydrogen-bond acceptors (Lipinski definition) is 6. The van der Waals surface area contributed by atoms with Gasteiger partial charge in [0.15, 0.2) is 0 Å². The van der Waals surface area contributed by atoms with E-state index in [2.05, 4.69) is 20.4 Å². The second kappa shape index (κ2) is 9.83. The molecule has 36 heavy (non-hydrogen) atoms. The second-order valence-electron chi connectivity index (χ2n) is 8.22. The van der Waals surface area contributed by atoms with Gasteiger partial charge in [0.25, 0.3) is 0 Å². The topological polar surface area (TPSA) is 123 Å². The van der Waals surface area contributed by atoms with E-state index in [1.807, 2.05) is 60.7 Å². The summed E-state index contributed by atoms with van der Waals surface area (Å²) < 4.78 is 6.77. The molecule has 9 nitrogen and oxygen atoms in total. The first-order chi connectivity index (χ1) is 17.5. The molecule has 0 saturated heterocycles. The lowest BCUT2D eigenvalue weighted by Crippen LogP contribution is -2.35. The fourth-order valence-electron chi connectivity index (χ4n) is 4.23. The van der Waals surface area contributed by atoms with Gasteiger partial charge in [0.05, 0.1) is 23.5 Å². The number of hydrogen-bond donors (Lipinski definition) is 2. The van der Waals surface area contributed by atoms with Crippen LogP contribution in [0.1, 0.15) is 29.9 Å². The number of aromatic amines is 1.